The van der Waals surface area contributed by atoms with E-state index in [1.165, 1.54) is 0 Å². The van der Waals surface area contributed by atoms with Gasteiger partial charge in [-0.25, -0.2) is 0 Å². The van der Waals surface area contributed by atoms with Gasteiger partial charge in [-0.1, -0.05) is 29.8 Å². The molecule has 0 radical (unpaired) electrons. The number of amides is 2. The second kappa shape index (κ2) is 6.52. The van der Waals surface area contributed by atoms with Crippen molar-refractivity contribution >= 4 is 17.5 Å². The predicted octanol–water partition coefficient (Wildman–Crippen LogP) is 2.65. The van der Waals surface area contributed by atoms with Gasteiger partial charge in [0.15, 0.2) is 0 Å². The summed E-state index contributed by atoms with van der Waals surface area (Å²) < 4.78 is 5.48. The number of ether oxygens (including phenoxy) is 1. The summed E-state index contributed by atoms with van der Waals surface area (Å²) in [4.78, 5) is 23.9. The van der Waals surface area contributed by atoms with E-state index in [1.54, 1.807) is 18.2 Å². The summed E-state index contributed by atoms with van der Waals surface area (Å²) in [6.07, 6.45) is 0.309. The predicted molar refractivity (Wildman–Crippen MR) is 87.5 cm³/mol. The van der Waals surface area contributed by atoms with Crippen LogP contribution in [0.5, 0.6) is 5.75 Å². The van der Waals surface area contributed by atoms with Crippen molar-refractivity contribution in [3.63, 3.8) is 0 Å². The van der Waals surface area contributed by atoms with Gasteiger partial charge in [0.2, 0.25) is 5.91 Å². The molecule has 0 bridgehead atoms. The minimum atomic E-state index is -0.187. The fraction of sp³-hybridized carbons (Fsp3) is 0.222. The molecule has 0 saturated heterocycles. The molecule has 2 N–H and O–H groups in total. The van der Waals surface area contributed by atoms with Gasteiger partial charge in [-0.05, 0) is 30.7 Å². The summed E-state index contributed by atoms with van der Waals surface area (Å²) in [7, 11) is 0. The normalized spacial score (nSPS) is 13.3. The van der Waals surface area contributed by atoms with E-state index in [2.05, 4.69) is 10.6 Å². The number of carbonyl (C=O) groups is 2. The Bertz CT molecular complexity index is 756. The number of fused-ring (bicyclic) bond motifs is 1. The second-order valence-electron chi connectivity index (χ2n) is 5.53. The quantitative estimate of drug-likeness (QED) is 0.916. The Balaban J connectivity index is 1.71. The number of aryl methyl sites for hydroxylation is 1. The zero-order chi connectivity index (χ0) is 16.2. The van der Waals surface area contributed by atoms with Crippen molar-refractivity contribution < 1.29 is 14.3 Å². The molecule has 5 heteroatoms. The molecule has 1 aliphatic heterocycles. The Kier molecular flexibility index (Phi) is 4.28. The summed E-state index contributed by atoms with van der Waals surface area (Å²) >= 11 is 0. The summed E-state index contributed by atoms with van der Waals surface area (Å²) in [6.45, 7) is 2.82. The van der Waals surface area contributed by atoms with Crippen molar-refractivity contribution in [1.29, 1.82) is 0 Å². The van der Waals surface area contributed by atoms with Crippen molar-refractivity contribution in [2.75, 3.05) is 11.9 Å². The van der Waals surface area contributed by atoms with Gasteiger partial charge in [0, 0.05) is 12.1 Å². The van der Waals surface area contributed by atoms with E-state index in [1.807, 2.05) is 31.2 Å². The number of hydrogen-bond donors (Lipinski definition) is 2. The second-order valence-corrected chi connectivity index (χ2v) is 5.53. The van der Waals surface area contributed by atoms with Crippen LogP contribution in [0.1, 0.15) is 27.9 Å². The third kappa shape index (κ3) is 3.69. The van der Waals surface area contributed by atoms with Gasteiger partial charge in [-0.2, -0.15) is 0 Å². The van der Waals surface area contributed by atoms with Crippen molar-refractivity contribution in [2.24, 2.45) is 0 Å². The molecule has 5 nitrogen and oxygen atoms in total. The molecule has 2 amide bonds. The van der Waals surface area contributed by atoms with Crippen molar-refractivity contribution in [3.05, 3.63) is 59.2 Å². The van der Waals surface area contributed by atoms with Crippen molar-refractivity contribution in [1.82, 2.24) is 5.32 Å². The SMILES string of the molecule is Cc1cccc(CNC(=O)c2ccc3c(c2)NC(=O)CCO3)c1. The lowest BCUT2D eigenvalue weighted by atomic mass is 10.1. The number of benzene rings is 2. The zero-order valence-corrected chi connectivity index (χ0v) is 12.9. The monoisotopic (exact) mass is 310 g/mol. The van der Waals surface area contributed by atoms with Crippen LogP contribution in [0, 0.1) is 6.92 Å². The fourth-order valence-corrected chi connectivity index (χ4v) is 2.47. The Labute approximate surface area is 134 Å². The number of rotatable bonds is 3. The first-order valence-electron chi connectivity index (χ1n) is 7.52. The van der Waals surface area contributed by atoms with Gasteiger partial charge in [0.05, 0.1) is 18.7 Å². The molecule has 3 rings (SSSR count). The van der Waals surface area contributed by atoms with Gasteiger partial charge in [-0.15, -0.1) is 0 Å². The highest BCUT2D eigenvalue weighted by Gasteiger charge is 2.16. The Hall–Kier alpha value is -2.82. The van der Waals surface area contributed by atoms with Crippen LogP contribution in [0.3, 0.4) is 0 Å². The van der Waals surface area contributed by atoms with Crippen LogP contribution >= 0.6 is 0 Å². The molecule has 1 heterocycles. The molecule has 118 valence electrons. The molecule has 2 aromatic rings. The molecule has 0 aliphatic carbocycles. The van der Waals surface area contributed by atoms with Gasteiger partial charge in [0.25, 0.3) is 5.91 Å². The van der Waals surface area contributed by atoms with Crippen LogP contribution in [-0.4, -0.2) is 18.4 Å². The van der Waals surface area contributed by atoms with E-state index in [0.29, 0.717) is 36.6 Å². The minimum absolute atomic E-state index is 0.110. The highest BCUT2D eigenvalue weighted by atomic mass is 16.5. The standard InChI is InChI=1S/C18H18N2O3/c1-12-3-2-4-13(9-12)11-19-18(22)14-5-6-16-15(10-14)20-17(21)7-8-23-16/h2-6,9-10H,7-8,11H2,1H3,(H,19,22)(H,20,21). The molecule has 0 spiro atoms. The number of nitrogens with one attached hydrogen (secondary N) is 2. The highest BCUT2D eigenvalue weighted by Crippen LogP contribution is 2.28. The topological polar surface area (TPSA) is 67.4 Å². The Morgan fingerprint density at radius 3 is 2.96 bits per heavy atom. The third-order valence-electron chi connectivity index (χ3n) is 3.64. The fourth-order valence-electron chi connectivity index (χ4n) is 2.47. The van der Waals surface area contributed by atoms with Crippen LogP contribution in [0.4, 0.5) is 5.69 Å². The molecule has 23 heavy (non-hydrogen) atoms. The third-order valence-corrected chi connectivity index (χ3v) is 3.64. The average molecular weight is 310 g/mol. The van der Waals surface area contributed by atoms with Crippen LogP contribution in [0.25, 0.3) is 0 Å². The number of carbonyl (C=O) groups excluding carboxylic acids is 2. The lowest BCUT2D eigenvalue weighted by Crippen LogP contribution is -2.23. The number of anilines is 1. The maximum absolute atomic E-state index is 12.3. The molecule has 0 atom stereocenters. The summed E-state index contributed by atoms with van der Waals surface area (Å²) in [5.41, 5.74) is 3.23. The number of hydrogen-bond acceptors (Lipinski definition) is 3. The average Bonchev–Trinajstić information content (AvgIpc) is 2.72. The molecule has 0 fully saturated rings. The molecule has 1 aliphatic rings. The molecule has 0 saturated carbocycles. The lowest BCUT2D eigenvalue weighted by molar-refractivity contribution is -0.116. The highest BCUT2D eigenvalue weighted by molar-refractivity contribution is 5.98. The maximum Gasteiger partial charge on any atom is 0.251 e. The summed E-state index contributed by atoms with van der Waals surface area (Å²) in [5, 5.41) is 5.64. The van der Waals surface area contributed by atoms with E-state index in [0.717, 1.165) is 11.1 Å². The first kappa shape index (κ1) is 15.1. The summed E-state index contributed by atoms with van der Waals surface area (Å²) in [6, 6.07) is 13.0. The van der Waals surface area contributed by atoms with Gasteiger partial charge < -0.3 is 15.4 Å². The van der Waals surface area contributed by atoms with Gasteiger partial charge in [0.1, 0.15) is 5.75 Å². The van der Waals surface area contributed by atoms with Crippen LogP contribution in [-0.2, 0) is 11.3 Å². The van der Waals surface area contributed by atoms with Crippen molar-refractivity contribution in [3.8, 4) is 5.75 Å². The Morgan fingerprint density at radius 2 is 2.13 bits per heavy atom. The molecule has 2 aromatic carbocycles. The van der Waals surface area contributed by atoms with Crippen LogP contribution < -0.4 is 15.4 Å². The van der Waals surface area contributed by atoms with E-state index >= 15 is 0 Å². The van der Waals surface area contributed by atoms with Crippen LogP contribution in [0.2, 0.25) is 0 Å². The first-order valence-corrected chi connectivity index (χ1v) is 7.52. The minimum Gasteiger partial charge on any atom is -0.491 e. The van der Waals surface area contributed by atoms with Crippen LogP contribution in [0.15, 0.2) is 42.5 Å². The molecular weight excluding hydrogens is 292 g/mol. The first-order chi connectivity index (χ1) is 11.1. The lowest BCUT2D eigenvalue weighted by Gasteiger charge is -2.10. The molecular formula is C18H18N2O3. The smallest absolute Gasteiger partial charge is 0.251 e. The van der Waals surface area contributed by atoms with Gasteiger partial charge >= 0.3 is 0 Å². The zero-order valence-electron chi connectivity index (χ0n) is 12.9. The van der Waals surface area contributed by atoms with Crippen molar-refractivity contribution in [2.45, 2.75) is 19.9 Å². The van der Waals surface area contributed by atoms with Gasteiger partial charge in [-0.3, -0.25) is 9.59 Å². The Morgan fingerprint density at radius 1 is 1.26 bits per heavy atom. The van der Waals surface area contributed by atoms with E-state index in [-0.39, 0.29) is 11.8 Å². The molecule has 0 unspecified atom stereocenters. The summed E-state index contributed by atoms with van der Waals surface area (Å²) in [5.74, 6) is 0.292. The van der Waals surface area contributed by atoms with E-state index in [4.69, 9.17) is 4.74 Å². The van der Waals surface area contributed by atoms with E-state index < -0.39 is 0 Å². The molecule has 0 aromatic heterocycles. The largest absolute Gasteiger partial charge is 0.491 e. The maximum atomic E-state index is 12.3. The van der Waals surface area contributed by atoms with E-state index in [9.17, 15) is 9.59 Å².